The molecule has 0 aliphatic carbocycles. The van der Waals surface area contributed by atoms with Crippen LogP contribution in [-0.4, -0.2) is 59.9 Å². The van der Waals surface area contributed by atoms with E-state index in [1.165, 1.54) is 17.9 Å². The van der Waals surface area contributed by atoms with Crippen molar-refractivity contribution in [3.05, 3.63) is 42.3 Å². The lowest BCUT2D eigenvalue weighted by atomic mass is 10.1. The van der Waals surface area contributed by atoms with Gasteiger partial charge in [0.2, 0.25) is 11.9 Å². The summed E-state index contributed by atoms with van der Waals surface area (Å²) in [6.07, 6.45) is 0.673. The molecule has 30 heavy (non-hydrogen) atoms. The van der Waals surface area contributed by atoms with E-state index < -0.39 is 18.0 Å². The Morgan fingerprint density at radius 2 is 2.13 bits per heavy atom. The fourth-order valence-electron chi connectivity index (χ4n) is 3.23. The molecule has 1 aromatic carbocycles. The molecule has 3 heterocycles. The first kappa shape index (κ1) is 19.6. The number of amides is 2. The number of halogens is 1. The molecule has 0 unspecified atom stereocenters. The first-order chi connectivity index (χ1) is 14.3. The number of aromatic nitrogens is 3. The highest BCUT2D eigenvalue weighted by molar-refractivity contribution is 5.90. The fourth-order valence-corrected chi connectivity index (χ4v) is 3.23. The third-order valence-electron chi connectivity index (χ3n) is 4.75. The third kappa shape index (κ3) is 3.76. The molecule has 1 N–H and O–H groups in total. The molecular formula is C20H21FN6O3. The number of carbonyl (C=O) groups excluding carboxylic acids is 2. The predicted molar refractivity (Wildman–Crippen MR) is 109 cm³/mol. The maximum atomic E-state index is 14.9. The van der Waals surface area contributed by atoms with Crippen LogP contribution in [0.15, 0.2) is 36.5 Å². The molecule has 10 heteroatoms. The van der Waals surface area contributed by atoms with Crippen LogP contribution in [0.25, 0.3) is 16.8 Å². The van der Waals surface area contributed by atoms with E-state index in [1.807, 2.05) is 14.1 Å². The summed E-state index contributed by atoms with van der Waals surface area (Å²) in [5.74, 6) is -0.117. The van der Waals surface area contributed by atoms with E-state index in [-0.39, 0.29) is 19.0 Å². The highest BCUT2D eigenvalue weighted by atomic mass is 19.1. The van der Waals surface area contributed by atoms with Gasteiger partial charge in [-0.3, -0.25) is 9.69 Å². The average molecular weight is 412 g/mol. The standard InChI is InChI=1S/C20H21FN6O3/c1-12(28)22-10-15-11-26(20(29)30-15)14-4-5-16(17(21)9-14)13-6-7-27-18(8-13)23-19(24-27)25(2)3/h4-9,15H,10-11H2,1-3H3,(H,22,28)/t15-/m0/s1. The number of cyclic esters (lactones) is 1. The van der Waals surface area contributed by atoms with Crippen molar-refractivity contribution in [2.75, 3.05) is 37.0 Å². The van der Waals surface area contributed by atoms with Gasteiger partial charge in [0.05, 0.1) is 18.8 Å². The number of hydrogen-bond donors (Lipinski definition) is 1. The van der Waals surface area contributed by atoms with Crippen molar-refractivity contribution >= 4 is 29.3 Å². The summed E-state index contributed by atoms with van der Waals surface area (Å²) < 4.78 is 21.8. The van der Waals surface area contributed by atoms with Crippen LogP contribution in [0.5, 0.6) is 0 Å². The number of anilines is 2. The predicted octanol–water partition coefficient (Wildman–Crippen LogP) is 2.06. The van der Waals surface area contributed by atoms with Gasteiger partial charge in [0.25, 0.3) is 0 Å². The number of nitrogens with one attached hydrogen (secondary N) is 1. The Hall–Kier alpha value is -3.69. The number of carbonyl (C=O) groups is 2. The zero-order valence-electron chi connectivity index (χ0n) is 16.8. The Morgan fingerprint density at radius 3 is 2.83 bits per heavy atom. The highest BCUT2D eigenvalue weighted by Crippen LogP contribution is 2.29. The minimum absolute atomic E-state index is 0.206. The lowest BCUT2D eigenvalue weighted by Gasteiger charge is -2.14. The SMILES string of the molecule is CC(=O)NC[C@H]1CN(c2ccc(-c3ccn4nc(N(C)C)nc4c3)c(F)c2)C(=O)O1. The van der Waals surface area contributed by atoms with Crippen molar-refractivity contribution in [2.24, 2.45) is 0 Å². The molecule has 9 nitrogen and oxygen atoms in total. The van der Waals surface area contributed by atoms with E-state index in [0.717, 1.165) is 0 Å². The van der Waals surface area contributed by atoms with Gasteiger partial charge >= 0.3 is 6.09 Å². The Balaban J connectivity index is 1.57. The minimum atomic E-state index is -0.571. The van der Waals surface area contributed by atoms with Crippen molar-refractivity contribution in [1.29, 1.82) is 0 Å². The Morgan fingerprint density at radius 1 is 1.33 bits per heavy atom. The quantitative estimate of drug-likeness (QED) is 0.690. The summed E-state index contributed by atoms with van der Waals surface area (Å²) >= 11 is 0. The lowest BCUT2D eigenvalue weighted by molar-refractivity contribution is -0.119. The minimum Gasteiger partial charge on any atom is -0.442 e. The molecule has 156 valence electrons. The number of pyridine rings is 1. The van der Waals surface area contributed by atoms with E-state index in [0.29, 0.717) is 28.4 Å². The maximum Gasteiger partial charge on any atom is 0.414 e. The number of fused-ring (bicyclic) bond motifs is 1. The van der Waals surface area contributed by atoms with Crippen LogP contribution < -0.4 is 15.1 Å². The van der Waals surface area contributed by atoms with E-state index in [4.69, 9.17) is 4.74 Å². The van der Waals surface area contributed by atoms with Gasteiger partial charge in [-0.25, -0.2) is 13.7 Å². The van der Waals surface area contributed by atoms with Crippen molar-refractivity contribution in [3.8, 4) is 11.1 Å². The third-order valence-corrected chi connectivity index (χ3v) is 4.75. The molecule has 1 atom stereocenters. The van der Waals surface area contributed by atoms with Crippen LogP contribution in [0.4, 0.5) is 20.8 Å². The molecule has 1 aliphatic rings. The van der Waals surface area contributed by atoms with E-state index in [9.17, 15) is 14.0 Å². The second-order valence-electron chi connectivity index (χ2n) is 7.24. The summed E-state index contributed by atoms with van der Waals surface area (Å²) in [6.45, 7) is 1.84. The van der Waals surface area contributed by atoms with Crippen LogP contribution in [0.2, 0.25) is 0 Å². The second-order valence-corrected chi connectivity index (χ2v) is 7.24. The zero-order valence-corrected chi connectivity index (χ0v) is 16.8. The normalized spacial score (nSPS) is 16.1. The van der Waals surface area contributed by atoms with Crippen LogP contribution in [0.1, 0.15) is 6.92 Å². The Labute approximate surface area is 172 Å². The first-order valence-electron chi connectivity index (χ1n) is 9.38. The molecule has 0 spiro atoms. The van der Waals surface area contributed by atoms with E-state index in [2.05, 4.69) is 15.4 Å². The number of nitrogens with zero attached hydrogens (tertiary/aromatic N) is 5. The van der Waals surface area contributed by atoms with Crippen LogP contribution in [0.3, 0.4) is 0 Å². The molecule has 4 rings (SSSR count). The summed E-state index contributed by atoms with van der Waals surface area (Å²) in [4.78, 5) is 30.7. The molecule has 1 aliphatic heterocycles. The summed E-state index contributed by atoms with van der Waals surface area (Å²) in [5.41, 5.74) is 2.03. The van der Waals surface area contributed by atoms with E-state index in [1.54, 1.807) is 39.9 Å². The van der Waals surface area contributed by atoms with Crippen molar-refractivity contribution < 1.29 is 18.7 Å². The monoisotopic (exact) mass is 412 g/mol. The Bertz CT molecular complexity index is 1130. The molecule has 2 amide bonds. The van der Waals surface area contributed by atoms with Gasteiger partial charge < -0.3 is 15.0 Å². The first-order valence-corrected chi connectivity index (χ1v) is 9.38. The van der Waals surface area contributed by atoms with Gasteiger partial charge in [0, 0.05) is 32.8 Å². The van der Waals surface area contributed by atoms with Gasteiger partial charge in [-0.05, 0) is 35.9 Å². The van der Waals surface area contributed by atoms with Crippen LogP contribution in [-0.2, 0) is 9.53 Å². The topological polar surface area (TPSA) is 92.1 Å². The number of hydrogen-bond acceptors (Lipinski definition) is 6. The number of rotatable bonds is 5. The summed E-state index contributed by atoms with van der Waals surface area (Å²) in [7, 11) is 3.69. The zero-order chi connectivity index (χ0) is 21.4. The molecular weight excluding hydrogens is 391 g/mol. The van der Waals surface area contributed by atoms with Gasteiger partial charge in [-0.1, -0.05) is 0 Å². The number of ether oxygens (including phenoxy) is 1. The van der Waals surface area contributed by atoms with E-state index >= 15 is 0 Å². The van der Waals surface area contributed by atoms with Gasteiger partial charge in [0.15, 0.2) is 5.65 Å². The second kappa shape index (κ2) is 7.62. The fraction of sp³-hybridized carbons (Fsp3) is 0.300. The van der Waals surface area contributed by atoms with Crippen molar-refractivity contribution in [1.82, 2.24) is 19.9 Å². The van der Waals surface area contributed by atoms with Gasteiger partial charge in [0.1, 0.15) is 11.9 Å². The van der Waals surface area contributed by atoms with Crippen LogP contribution >= 0.6 is 0 Å². The molecule has 1 saturated heterocycles. The smallest absolute Gasteiger partial charge is 0.414 e. The lowest BCUT2D eigenvalue weighted by Crippen LogP contribution is -2.33. The number of benzene rings is 1. The molecule has 0 saturated carbocycles. The van der Waals surface area contributed by atoms with Crippen molar-refractivity contribution in [2.45, 2.75) is 13.0 Å². The Kier molecular flexibility index (Phi) is 4.98. The average Bonchev–Trinajstić information content (AvgIpc) is 3.29. The van der Waals surface area contributed by atoms with Crippen molar-refractivity contribution in [3.63, 3.8) is 0 Å². The molecule has 0 radical (unpaired) electrons. The van der Waals surface area contributed by atoms with Gasteiger partial charge in [-0.15, -0.1) is 5.10 Å². The van der Waals surface area contributed by atoms with Gasteiger partial charge in [-0.2, -0.15) is 4.98 Å². The molecule has 2 aromatic heterocycles. The molecule has 3 aromatic rings. The maximum absolute atomic E-state index is 14.9. The van der Waals surface area contributed by atoms with Crippen LogP contribution in [0, 0.1) is 5.82 Å². The molecule has 0 bridgehead atoms. The largest absolute Gasteiger partial charge is 0.442 e. The summed E-state index contributed by atoms with van der Waals surface area (Å²) in [5, 5.41) is 6.94. The highest BCUT2D eigenvalue weighted by Gasteiger charge is 2.32. The summed E-state index contributed by atoms with van der Waals surface area (Å²) in [6, 6.07) is 8.10. The molecule has 1 fully saturated rings.